The van der Waals surface area contributed by atoms with Crippen molar-refractivity contribution in [2.45, 2.75) is 39.5 Å². The molecule has 5 nitrogen and oxygen atoms in total. The molecule has 1 aromatic heterocycles. The summed E-state index contributed by atoms with van der Waals surface area (Å²) in [5.41, 5.74) is 4.48. The smallest absolute Gasteiger partial charge is 0.255 e. The van der Waals surface area contributed by atoms with Crippen LogP contribution in [0.25, 0.3) is 0 Å². The molecule has 0 saturated heterocycles. The maximum atomic E-state index is 13.4. The topological polar surface area (TPSA) is 71.1 Å². The van der Waals surface area contributed by atoms with E-state index in [0.717, 1.165) is 29.1 Å². The van der Waals surface area contributed by atoms with Gasteiger partial charge in [0.2, 0.25) is 0 Å². The summed E-state index contributed by atoms with van der Waals surface area (Å²) in [6, 6.07) is 12.9. The van der Waals surface area contributed by atoms with Crippen LogP contribution in [-0.2, 0) is 9.59 Å². The number of halogens is 1. The first-order valence-corrected chi connectivity index (χ1v) is 10.5. The van der Waals surface area contributed by atoms with Gasteiger partial charge in [0.05, 0.1) is 0 Å². The van der Waals surface area contributed by atoms with E-state index in [1.165, 1.54) is 0 Å². The number of Topliss-reactive ketones (excluding diaryl/α,β-unsaturated/α-hetero) is 1. The van der Waals surface area contributed by atoms with E-state index < -0.39 is 5.92 Å². The molecule has 1 aromatic carbocycles. The molecule has 2 N–H and O–H groups in total. The summed E-state index contributed by atoms with van der Waals surface area (Å²) in [7, 11) is 0. The van der Waals surface area contributed by atoms with Crippen molar-refractivity contribution in [3.05, 3.63) is 81.3 Å². The number of ketones is 1. The molecular weight excluding hydrogens is 398 g/mol. The molecule has 2 aliphatic rings. The van der Waals surface area contributed by atoms with Gasteiger partial charge in [0.25, 0.3) is 5.91 Å². The summed E-state index contributed by atoms with van der Waals surface area (Å²) in [4.78, 5) is 30.9. The van der Waals surface area contributed by atoms with Crippen LogP contribution in [0.15, 0.2) is 65.0 Å². The van der Waals surface area contributed by atoms with Crippen LogP contribution in [0, 0.1) is 12.8 Å². The number of aromatic nitrogens is 1. The first kappa shape index (κ1) is 20.4. The number of pyridine rings is 1. The number of hydrogen-bond donors (Lipinski definition) is 2. The van der Waals surface area contributed by atoms with Gasteiger partial charge in [-0.15, -0.1) is 0 Å². The fourth-order valence-electron chi connectivity index (χ4n) is 4.35. The molecule has 2 atom stereocenters. The Balaban J connectivity index is 1.80. The summed E-state index contributed by atoms with van der Waals surface area (Å²) in [5.74, 6) is 0.0791. The van der Waals surface area contributed by atoms with Crippen LogP contribution in [0.4, 0.5) is 5.82 Å². The minimum absolute atomic E-state index is 0.0766. The fraction of sp³-hybridized carbons (Fsp3) is 0.292. The molecule has 154 valence electrons. The Bertz CT molecular complexity index is 1100. The normalized spacial score (nSPS) is 21.3. The zero-order chi connectivity index (χ0) is 21.4. The monoisotopic (exact) mass is 421 g/mol. The van der Waals surface area contributed by atoms with Crippen LogP contribution in [-0.4, -0.2) is 16.7 Å². The number of aryl methyl sites for hydroxylation is 1. The van der Waals surface area contributed by atoms with Crippen LogP contribution in [0.2, 0.25) is 5.02 Å². The molecule has 0 fully saturated rings. The van der Waals surface area contributed by atoms with Crippen LogP contribution in [0.5, 0.6) is 0 Å². The zero-order valence-electron chi connectivity index (χ0n) is 17.3. The van der Waals surface area contributed by atoms with E-state index in [-0.39, 0.29) is 17.6 Å². The van der Waals surface area contributed by atoms with Crippen LogP contribution >= 0.6 is 11.6 Å². The molecule has 0 spiro atoms. The molecule has 6 heteroatoms. The second kappa shape index (κ2) is 8.07. The highest BCUT2D eigenvalue weighted by Gasteiger charge is 2.39. The highest BCUT2D eigenvalue weighted by molar-refractivity contribution is 6.30. The van der Waals surface area contributed by atoms with Crippen molar-refractivity contribution in [3.8, 4) is 0 Å². The predicted molar refractivity (Wildman–Crippen MR) is 118 cm³/mol. The Morgan fingerprint density at radius 3 is 2.67 bits per heavy atom. The van der Waals surface area contributed by atoms with Crippen molar-refractivity contribution in [3.63, 3.8) is 0 Å². The average Bonchev–Trinajstić information content (AvgIpc) is 2.66. The lowest BCUT2D eigenvalue weighted by molar-refractivity contribution is -0.117. The number of hydrogen-bond acceptors (Lipinski definition) is 4. The largest absolute Gasteiger partial charge is 0.362 e. The number of benzene rings is 1. The van der Waals surface area contributed by atoms with E-state index in [0.29, 0.717) is 28.4 Å². The first-order chi connectivity index (χ1) is 14.3. The molecule has 1 aliphatic carbocycles. The lowest BCUT2D eigenvalue weighted by atomic mass is 9.73. The van der Waals surface area contributed by atoms with Gasteiger partial charge in [-0.2, -0.15) is 0 Å². The summed E-state index contributed by atoms with van der Waals surface area (Å²) in [5, 5.41) is 6.82. The molecule has 30 heavy (non-hydrogen) atoms. The average molecular weight is 422 g/mol. The number of anilines is 1. The summed E-state index contributed by atoms with van der Waals surface area (Å²) >= 11 is 6.27. The lowest BCUT2D eigenvalue weighted by Gasteiger charge is -2.36. The molecule has 1 aliphatic heterocycles. The Morgan fingerprint density at radius 2 is 1.93 bits per heavy atom. The Hall–Kier alpha value is -2.92. The van der Waals surface area contributed by atoms with Gasteiger partial charge in [-0.05, 0) is 56.0 Å². The minimum Gasteiger partial charge on any atom is -0.362 e. The Labute approximate surface area is 181 Å². The third kappa shape index (κ3) is 3.90. The van der Waals surface area contributed by atoms with Gasteiger partial charge in [0, 0.05) is 45.6 Å². The number of nitrogens with one attached hydrogen (secondary N) is 2. The summed E-state index contributed by atoms with van der Waals surface area (Å²) in [6.45, 7) is 5.82. The first-order valence-electron chi connectivity index (χ1n) is 10.1. The van der Waals surface area contributed by atoms with E-state index >= 15 is 0 Å². The van der Waals surface area contributed by atoms with E-state index in [4.69, 9.17) is 11.6 Å². The summed E-state index contributed by atoms with van der Waals surface area (Å²) in [6.07, 6.45) is 1.26. The van der Waals surface area contributed by atoms with Crippen molar-refractivity contribution < 1.29 is 9.59 Å². The molecular formula is C24H24ClN3O2. The van der Waals surface area contributed by atoms with E-state index in [2.05, 4.69) is 22.5 Å². The van der Waals surface area contributed by atoms with E-state index in [9.17, 15) is 9.59 Å². The SMILES string of the molecule is CC1=C(C(=O)Nc2cccc(C)n2)[C@H](c2cccc(Cl)c2)C2=C(C[C@@H](C)CC2=O)N1. The number of amides is 1. The van der Waals surface area contributed by atoms with Crippen molar-refractivity contribution in [1.82, 2.24) is 10.3 Å². The quantitative estimate of drug-likeness (QED) is 0.739. The number of dihydropyridines is 1. The molecule has 0 unspecified atom stereocenters. The molecule has 2 aromatic rings. The van der Waals surface area contributed by atoms with Gasteiger partial charge in [-0.25, -0.2) is 4.98 Å². The third-order valence-corrected chi connectivity index (χ3v) is 5.82. The molecule has 0 bridgehead atoms. The molecule has 0 saturated carbocycles. The number of carbonyl (C=O) groups is 2. The summed E-state index contributed by atoms with van der Waals surface area (Å²) < 4.78 is 0. The number of carbonyl (C=O) groups excluding carboxylic acids is 2. The molecule has 2 heterocycles. The highest BCUT2D eigenvalue weighted by atomic mass is 35.5. The van der Waals surface area contributed by atoms with E-state index in [1.54, 1.807) is 12.1 Å². The van der Waals surface area contributed by atoms with Crippen molar-refractivity contribution in [1.29, 1.82) is 0 Å². The molecule has 4 rings (SSSR count). The second-order valence-electron chi connectivity index (χ2n) is 8.10. The maximum absolute atomic E-state index is 13.4. The standard InChI is InChI=1S/C24H24ClN3O2/c1-13-10-18-23(19(29)11-13)22(16-7-5-8-17(25)12-16)21(15(3)27-18)24(30)28-20-9-4-6-14(2)26-20/h4-9,12-13,22,27H,10-11H2,1-3H3,(H,26,28,30)/t13-,22+/m1/s1. The molecule has 1 amide bonds. The third-order valence-electron chi connectivity index (χ3n) is 5.59. The van der Waals surface area contributed by atoms with Crippen molar-refractivity contribution >= 4 is 29.1 Å². The second-order valence-corrected chi connectivity index (χ2v) is 8.54. The van der Waals surface area contributed by atoms with Gasteiger partial charge < -0.3 is 10.6 Å². The Kier molecular flexibility index (Phi) is 5.48. The number of nitrogens with zero attached hydrogens (tertiary/aromatic N) is 1. The van der Waals surface area contributed by atoms with Gasteiger partial charge in [-0.1, -0.05) is 36.7 Å². The Morgan fingerprint density at radius 1 is 1.17 bits per heavy atom. The van der Waals surface area contributed by atoms with E-state index in [1.807, 2.05) is 44.2 Å². The maximum Gasteiger partial charge on any atom is 0.255 e. The van der Waals surface area contributed by atoms with Crippen LogP contribution in [0.1, 0.15) is 43.9 Å². The number of rotatable bonds is 3. The molecule has 0 radical (unpaired) electrons. The van der Waals surface area contributed by atoms with Crippen molar-refractivity contribution in [2.75, 3.05) is 5.32 Å². The number of allylic oxidation sites excluding steroid dienone is 3. The van der Waals surface area contributed by atoms with Gasteiger partial charge >= 0.3 is 0 Å². The minimum atomic E-state index is -0.468. The van der Waals surface area contributed by atoms with Crippen LogP contribution in [0.3, 0.4) is 0 Å². The van der Waals surface area contributed by atoms with Crippen molar-refractivity contribution in [2.24, 2.45) is 5.92 Å². The zero-order valence-corrected chi connectivity index (χ0v) is 18.0. The highest BCUT2D eigenvalue weighted by Crippen LogP contribution is 2.43. The predicted octanol–water partition coefficient (Wildman–Crippen LogP) is 4.90. The van der Waals surface area contributed by atoms with Gasteiger partial charge in [0.15, 0.2) is 5.78 Å². The van der Waals surface area contributed by atoms with Crippen LogP contribution < -0.4 is 10.6 Å². The fourth-order valence-corrected chi connectivity index (χ4v) is 4.55. The van der Waals surface area contributed by atoms with Gasteiger partial charge in [-0.3, -0.25) is 9.59 Å². The lowest BCUT2D eigenvalue weighted by Crippen LogP contribution is -2.37. The van der Waals surface area contributed by atoms with Gasteiger partial charge in [0.1, 0.15) is 5.82 Å².